The summed E-state index contributed by atoms with van der Waals surface area (Å²) < 4.78 is 60.0. The van der Waals surface area contributed by atoms with Crippen molar-refractivity contribution in [1.29, 1.82) is 0 Å². The molecular weight excluding hydrogens is 320 g/mol. The van der Waals surface area contributed by atoms with Gasteiger partial charge in [-0.05, 0) is 74.1 Å². The van der Waals surface area contributed by atoms with Gasteiger partial charge < -0.3 is 4.74 Å². The van der Waals surface area contributed by atoms with Crippen molar-refractivity contribution in [2.45, 2.75) is 40.2 Å². The molecule has 0 saturated carbocycles. The molecule has 2 rings (SSSR count). The summed E-state index contributed by atoms with van der Waals surface area (Å²) in [6.45, 7) is 6.96. The molecule has 0 unspecified atom stereocenters. The molecule has 5 heteroatoms. The third-order valence-corrected chi connectivity index (χ3v) is 4.14. The van der Waals surface area contributed by atoms with E-state index in [9.17, 15) is 17.6 Å². The fourth-order valence-electron chi connectivity index (χ4n) is 2.62. The number of alkyl halides is 2. The maximum atomic E-state index is 14.0. The highest BCUT2D eigenvalue weighted by atomic mass is 19.3. The number of hydrogen-bond donors (Lipinski definition) is 0. The van der Waals surface area contributed by atoms with Crippen LogP contribution >= 0.6 is 0 Å². The quantitative estimate of drug-likeness (QED) is 0.652. The van der Waals surface area contributed by atoms with Gasteiger partial charge in [-0.1, -0.05) is 12.1 Å². The lowest BCUT2D eigenvalue weighted by molar-refractivity contribution is -0.251. The van der Waals surface area contributed by atoms with Gasteiger partial charge in [-0.25, -0.2) is 8.78 Å². The van der Waals surface area contributed by atoms with Gasteiger partial charge in [0, 0.05) is 0 Å². The second-order valence-corrected chi connectivity index (χ2v) is 6.07. The van der Waals surface area contributed by atoms with Gasteiger partial charge >= 0.3 is 6.11 Å². The van der Waals surface area contributed by atoms with Crippen LogP contribution in [0.5, 0.6) is 0 Å². The number of hydrogen-bond acceptors (Lipinski definition) is 1. The Kier molecular flexibility index (Phi) is 5.33. The predicted octanol–water partition coefficient (Wildman–Crippen LogP) is 5.51. The first-order chi connectivity index (χ1) is 11.1. The summed E-state index contributed by atoms with van der Waals surface area (Å²) in [5, 5.41) is 0. The average molecular weight is 340 g/mol. The molecule has 0 aliphatic rings. The number of halogens is 4. The van der Waals surface area contributed by atoms with Crippen molar-refractivity contribution < 1.29 is 22.3 Å². The lowest BCUT2D eigenvalue weighted by Crippen LogP contribution is -2.23. The first-order valence-electron chi connectivity index (χ1n) is 7.66. The first kappa shape index (κ1) is 18.5. The van der Waals surface area contributed by atoms with Gasteiger partial charge in [0.25, 0.3) is 0 Å². The Balaban J connectivity index is 2.11. The number of rotatable bonds is 5. The summed E-state index contributed by atoms with van der Waals surface area (Å²) in [6, 6.07) is 5.53. The zero-order valence-electron chi connectivity index (χ0n) is 14.1. The third-order valence-electron chi connectivity index (χ3n) is 4.14. The van der Waals surface area contributed by atoms with Crippen LogP contribution in [-0.2, 0) is 17.3 Å². The lowest BCUT2D eigenvalue weighted by atomic mass is 9.99. The highest BCUT2D eigenvalue weighted by molar-refractivity contribution is 5.37. The highest BCUT2D eigenvalue weighted by Crippen LogP contribution is 2.34. The number of benzene rings is 2. The SMILES string of the molecule is Cc1cc(F)c(C(F)(F)OCCc2cc(C)c(C)c(C)c2)c(F)c1. The van der Waals surface area contributed by atoms with Crippen LogP contribution in [0.15, 0.2) is 24.3 Å². The van der Waals surface area contributed by atoms with E-state index in [4.69, 9.17) is 0 Å². The van der Waals surface area contributed by atoms with Crippen LogP contribution in [0.1, 0.15) is 33.4 Å². The zero-order valence-corrected chi connectivity index (χ0v) is 14.1. The monoisotopic (exact) mass is 340 g/mol. The Morgan fingerprint density at radius 1 is 0.875 bits per heavy atom. The second kappa shape index (κ2) is 6.93. The van der Waals surface area contributed by atoms with E-state index in [1.54, 1.807) is 0 Å². The van der Waals surface area contributed by atoms with E-state index >= 15 is 0 Å². The molecule has 0 aliphatic heterocycles. The summed E-state index contributed by atoms with van der Waals surface area (Å²) >= 11 is 0. The van der Waals surface area contributed by atoms with Crippen LogP contribution in [0.2, 0.25) is 0 Å². The van der Waals surface area contributed by atoms with E-state index in [1.165, 1.54) is 6.92 Å². The molecule has 0 atom stereocenters. The molecule has 0 heterocycles. The van der Waals surface area contributed by atoms with Crippen LogP contribution < -0.4 is 0 Å². The van der Waals surface area contributed by atoms with Gasteiger partial charge in [0.15, 0.2) is 0 Å². The van der Waals surface area contributed by atoms with Gasteiger partial charge in [-0.15, -0.1) is 0 Å². The molecular formula is C19H20F4O. The van der Waals surface area contributed by atoms with Crippen LogP contribution in [0.4, 0.5) is 17.6 Å². The molecule has 0 amide bonds. The van der Waals surface area contributed by atoms with E-state index in [0.29, 0.717) is 0 Å². The van der Waals surface area contributed by atoms with Crippen LogP contribution in [-0.4, -0.2) is 6.61 Å². The van der Waals surface area contributed by atoms with Crippen molar-refractivity contribution in [3.63, 3.8) is 0 Å². The van der Waals surface area contributed by atoms with Gasteiger partial charge in [0.1, 0.15) is 17.2 Å². The van der Waals surface area contributed by atoms with Crippen molar-refractivity contribution >= 4 is 0 Å². The Bertz CT molecular complexity index is 707. The molecule has 0 bridgehead atoms. The standard InChI is InChI=1S/C19H20F4O/c1-11-7-16(20)18(17(21)8-11)19(22,23)24-6-5-15-9-12(2)14(4)13(3)10-15/h7-10H,5-6H2,1-4H3. The number of aryl methyl sites for hydroxylation is 3. The molecule has 1 nitrogen and oxygen atoms in total. The summed E-state index contributed by atoms with van der Waals surface area (Å²) in [5.41, 5.74) is 3.00. The molecule has 2 aromatic carbocycles. The van der Waals surface area contributed by atoms with Crippen LogP contribution in [0, 0.1) is 39.3 Å². The maximum absolute atomic E-state index is 14.0. The zero-order chi connectivity index (χ0) is 18.1. The van der Waals surface area contributed by atoms with Gasteiger partial charge in [0.2, 0.25) is 0 Å². The topological polar surface area (TPSA) is 9.23 Å². The maximum Gasteiger partial charge on any atom is 0.389 e. The fraction of sp³-hybridized carbons (Fsp3) is 0.368. The van der Waals surface area contributed by atoms with Crippen molar-refractivity contribution in [3.8, 4) is 0 Å². The Morgan fingerprint density at radius 3 is 1.88 bits per heavy atom. The smallest absolute Gasteiger partial charge is 0.316 e. The van der Waals surface area contributed by atoms with E-state index in [1.807, 2.05) is 32.9 Å². The summed E-state index contributed by atoms with van der Waals surface area (Å²) in [7, 11) is 0. The fourth-order valence-corrected chi connectivity index (χ4v) is 2.62. The lowest BCUT2D eigenvalue weighted by Gasteiger charge is -2.19. The third kappa shape index (κ3) is 3.96. The summed E-state index contributed by atoms with van der Waals surface area (Å²) in [6.07, 6.45) is -3.79. The van der Waals surface area contributed by atoms with E-state index in [0.717, 1.165) is 34.4 Å². The minimum absolute atomic E-state index is 0.229. The Labute approximate surface area is 139 Å². The molecule has 0 aliphatic carbocycles. The average Bonchev–Trinajstić information content (AvgIpc) is 2.42. The van der Waals surface area contributed by atoms with Crippen molar-refractivity contribution in [1.82, 2.24) is 0 Å². The van der Waals surface area contributed by atoms with Crippen LogP contribution in [0.3, 0.4) is 0 Å². The largest absolute Gasteiger partial charge is 0.389 e. The molecule has 0 radical (unpaired) electrons. The molecule has 130 valence electrons. The van der Waals surface area contributed by atoms with Gasteiger partial charge in [-0.3, -0.25) is 0 Å². The molecule has 0 saturated heterocycles. The van der Waals surface area contributed by atoms with Crippen molar-refractivity contribution in [3.05, 3.63) is 69.3 Å². The normalized spacial score (nSPS) is 11.8. The summed E-state index contributed by atoms with van der Waals surface area (Å²) in [4.78, 5) is 0. The van der Waals surface area contributed by atoms with Crippen molar-refractivity contribution in [2.75, 3.05) is 6.61 Å². The number of ether oxygens (including phenoxy) is 1. The van der Waals surface area contributed by atoms with E-state index in [-0.39, 0.29) is 18.6 Å². The van der Waals surface area contributed by atoms with Gasteiger partial charge in [-0.2, -0.15) is 8.78 Å². The molecule has 0 fully saturated rings. The minimum atomic E-state index is -4.02. The molecule has 0 N–H and O–H groups in total. The summed E-state index contributed by atoms with van der Waals surface area (Å²) in [5.74, 6) is -2.61. The first-order valence-corrected chi connectivity index (χ1v) is 7.66. The Morgan fingerprint density at radius 2 is 1.38 bits per heavy atom. The van der Waals surface area contributed by atoms with Crippen LogP contribution in [0.25, 0.3) is 0 Å². The Hall–Kier alpha value is -1.88. The van der Waals surface area contributed by atoms with Crippen molar-refractivity contribution in [2.24, 2.45) is 0 Å². The van der Waals surface area contributed by atoms with E-state index in [2.05, 4.69) is 4.74 Å². The molecule has 0 spiro atoms. The second-order valence-electron chi connectivity index (χ2n) is 6.07. The molecule has 0 aromatic heterocycles. The van der Waals surface area contributed by atoms with E-state index < -0.39 is 23.3 Å². The molecule has 2 aromatic rings. The molecule has 24 heavy (non-hydrogen) atoms. The minimum Gasteiger partial charge on any atom is -0.316 e. The van der Waals surface area contributed by atoms with Gasteiger partial charge in [0.05, 0.1) is 6.61 Å². The predicted molar refractivity (Wildman–Crippen MR) is 85.3 cm³/mol. The highest BCUT2D eigenvalue weighted by Gasteiger charge is 2.39.